The van der Waals surface area contributed by atoms with Crippen molar-refractivity contribution >= 4 is 34.5 Å². The lowest BCUT2D eigenvalue weighted by Gasteiger charge is -2.13. The molecule has 120 valence electrons. The fourth-order valence-electron chi connectivity index (χ4n) is 2.13. The van der Waals surface area contributed by atoms with Crippen LogP contribution in [0.5, 0.6) is 17.2 Å². The van der Waals surface area contributed by atoms with E-state index in [0.717, 1.165) is 9.13 Å². The molecule has 0 aliphatic carbocycles. The lowest BCUT2D eigenvalue weighted by molar-refractivity contribution is 0.104. The Morgan fingerprint density at radius 2 is 1.57 bits per heavy atom. The third-order valence-corrected chi connectivity index (χ3v) is 4.00. The second-order valence-electron chi connectivity index (χ2n) is 4.63. The zero-order valence-electron chi connectivity index (χ0n) is 13.1. The Bertz CT molecular complexity index is 721. The highest BCUT2D eigenvalue weighted by Crippen LogP contribution is 2.40. The van der Waals surface area contributed by atoms with E-state index in [1.807, 2.05) is 18.2 Å². The summed E-state index contributed by atoms with van der Waals surface area (Å²) in [4.78, 5) is 12.2. The molecule has 0 saturated heterocycles. The Kier molecular flexibility index (Phi) is 6.04. The molecule has 0 fully saturated rings. The number of methoxy groups -OCH3 is 3. The van der Waals surface area contributed by atoms with Crippen LogP contribution in [0, 0.1) is 3.57 Å². The van der Waals surface area contributed by atoms with Gasteiger partial charge in [-0.15, -0.1) is 0 Å². The van der Waals surface area contributed by atoms with Crippen molar-refractivity contribution in [3.05, 3.63) is 57.2 Å². The van der Waals surface area contributed by atoms with Gasteiger partial charge in [-0.1, -0.05) is 12.1 Å². The molecule has 2 aromatic rings. The molecule has 0 bridgehead atoms. The van der Waals surface area contributed by atoms with Crippen molar-refractivity contribution in [3.8, 4) is 17.2 Å². The second-order valence-corrected chi connectivity index (χ2v) is 5.87. The van der Waals surface area contributed by atoms with Crippen molar-refractivity contribution in [3.63, 3.8) is 0 Å². The van der Waals surface area contributed by atoms with Crippen LogP contribution >= 0.6 is 22.6 Å². The van der Waals surface area contributed by atoms with Crippen LogP contribution in [0.4, 0.5) is 0 Å². The molecule has 0 atom stereocenters. The molecule has 0 amide bonds. The SMILES string of the molecule is COc1ccc(/C=C\C(=O)c2ccc(I)cc2)c(OC)c1OC. The Morgan fingerprint density at radius 3 is 2.13 bits per heavy atom. The quantitative estimate of drug-likeness (QED) is 0.396. The summed E-state index contributed by atoms with van der Waals surface area (Å²) in [6.07, 6.45) is 3.23. The standard InChI is InChI=1S/C18H17IO4/c1-21-16-11-7-13(17(22-2)18(16)23-3)6-10-15(20)12-4-8-14(19)9-5-12/h4-11H,1-3H3/b10-6-. The molecule has 0 aliphatic rings. The first-order valence-electron chi connectivity index (χ1n) is 6.87. The van der Waals surface area contributed by atoms with Crippen LogP contribution < -0.4 is 14.2 Å². The maximum atomic E-state index is 12.2. The Balaban J connectivity index is 2.32. The van der Waals surface area contributed by atoms with E-state index < -0.39 is 0 Å². The zero-order chi connectivity index (χ0) is 16.8. The van der Waals surface area contributed by atoms with Crippen molar-refractivity contribution in [1.82, 2.24) is 0 Å². The Morgan fingerprint density at radius 1 is 0.913 bits per heavy atom. The van der Waals surface area contributed by atoms with Crippen LogP contribution in [0.1, 0.15) is 15.9 Å². The van der Waals surface area contributed by atoms with E-state index in [2.05, 4.69) is 22.6 Å². The summed E-state index contributed by atoms with van der Waals surface area (Å²) in [5.41, 5.74) is 1.38. The van der Waals surface area contributed by atoms with Crippen LogP contribution in [0.25, 0.3) is 6.08 Å². The normalized spacial score (nSPS) is 10.6. The largest absolute Gasteiger partial charge is 0.493 e. The van der Waals surface area contributed by atoms with Crippen molar-refractivity contribution in [2.45, 2.75) is 0 Å². The van der Waals surface area contributed by atoms with Gasteiger partial charge in [-0.25, -0.2) is 0 Å². The van der Waals surface area contributed by atoms with E-state index in [0.29, 0.717) is 22.8 Å². The topological polar surface area (TPSA) is 44.8 Å². The van der Waals surface area contributed by atoms with Crippen molar-refractivity contribution in [2.75, 3.05) is 21.3 Å². The molecular weight excluding hydrogens is 407 g/mol. The Hall–Kier alpha value is -2.02. The number of allylic oxidation sites excluding steroid dienone is 1. The number of carbonyl (C=O) groups is 1. The monoisotopic (exact) mass is 424 g/mol. The summed E-state index contributed by atoms with van der Waals surface area (Å²) >= 11 is 2.20. The number of ketones is 1. The maximum Gasteiger partial charge on any atom is 0.203 e. The number of halogens is 1. The highest BCUT2D eigenvalue weighted by atomic mass is 127. The molecule has 0 saturated carbocycles. The number of carbonyl (C=O) groups excluding carboxylic acids is 1. The smallest absolute Gasteiger partial charge is 0.203 e. The van der Waals surface area contributed by atoms with Crippen LogP contribution in [0.2, 0.25) is 0 Å². The van der Waals surface area contributed by atoms with Gasteiger partial charge in [-0.3, -0.25) is 4.79 Å². The fourth-order valence-corrected chi connectivity index (χ4v) is 2.49. The predicted octanol–water partition coefficient (Wildman–Crippen LogP) is 4.21. The zero-order valence-corrected chi connectivity index (χ0v) is 15.3. The molecular formula is C18H17IO4. The van der Waals surface area contributed by atoms with Crippen molar-refractivity contribution in [2.24, 2.45) is 0 Å². The molecule has 23 heavy (non-hydrogen) atoms. The van der Waals surface area contributed by atoms with Gasteiger partial charge >= 0.3 is 0 Å². The van der Waals surface area contributed by atoms with E-state index in [4.69, 9.17) is 14.2 Å². The highest BCUT2D eigenvalue weighted by Gasteiger charge is 2.14. The van der Waals surface area contributed by atoms with Crippen LogP contribution in [0.3, 0.4) is 0 Å². The first-order chi connectivity index (χ1) is 11.1. The molecule has 0 aromatic heterocycles. The van der Waals surface area contributed by atoms with E-state index in [1.165, 1.54) is 6.08 Å². The number of benzene rings is 2. The molecule has 0 N–H and O–H groups in total. The third kappa shape index (κ3) is 4.04. The summed E-state index contributed by atoms with van der Waals surface area (Å²) in [6, 6.07) is 11.0. The molecule has 2 aromatic carbocycles. The average molecular weight is 424 g/mol. The van der Waals surface area contributed by atoms with Gasteiger partial charge in [0.25, 0.3) is 0 Å². The predicted molar refractivity (Wildman–Crippen MR) is 98.6 cm³/mol. The summed E-state index contributed by atoms with van der Waals surface area (Å²) in [6.45, 7) is 0. The molecule has 0 aliphatic heterocycles. The van der Waals surface area contributed by atoms with Crippen LogP contribution in [-0.2, 0) is 0 Å². The first-order valence-corrected chi connectivity index (χ1v) is 7.95. The van der Waals surface area contributed by atoms with E-state index in [9.17, 15) is 4.79 Å². The van der Waals surface area contributed by atoms with Crippen LogP contribution in [0.15, 0.2) is 42.5 Å². The summed E-state index contributed by atoms with van der Waals surface area (Å²) < 4.78 is 17.1. The third-order valence-electron chi connectivity index (χ3n) is 3.28. The van der Waals surface area contributed by atoms with Crippen LogP contribution in [-0.4, -0.2) is 27.1 Å². The molecule has 0 heterocycles. The Labute approximate surface area is 149 Å². The summed E-state index contributed by atoms with van der Waals surface area (Å²) in [5, 5.41) is 0. The lowest BCUT2D eigenvalue weighted by atomic mass is 10.1. The minimum atomic E-state index is -0.0711. The van der Waals surface area contributed by atoms with Gasteiger partial charge in [0.2, 0.25) is 5.75 Å². The molecule has 0 spiro atoms. The fraction of sp³-hybridized carbons (Fsp3) is 0.167. The van der Waals surface area contributed by atoms with E-state index in [-0.39, 0.29) is 5.78 Å². The summed E-state index contributed by atoms with van der Waals surface area (Å²) in [7, 11) is 4.66. The molecule has 0 unspecified atom stereocenters. The van der Waals surface area contributed by atoms with Gasteiger partial charge in [0, 0.05) is 14.7 Å². The van der Waals surface area contributed by atoms with Gasteiger partial charge in [0.1, 0.15) is 0 Å². The minimum Gasteiger partial charge on any atom is -0.493 e. The molecule has 2 rings (SSSR count). The average Bonchev–Trinajstić information content (AvgIpc) is 2.59. The minimum absolute atomic E-state index is 0.0711. The lowest BCUT2D eigenvalue weighted by Crippen LogP contribution is -1.97. The molecule has 4 nitrogen and oxygen atoms in total. The van der Waals surface area contributed by atoms with Crippen molar-refractivity contribution in [1.29, 1.82) is 0 Å². The van der Waals surface area contributed by atoms with Gasteiger partial charge < -0.3 is 14.2 Å². The highest BCUT2D eigenvalue weighted by molar-refractivity contribution is 14.1. The number of rotatable bonds is 6. The second kappa shape index (κ2) is 8.01. The van der Waals surface area contributed by atoms with Gasteiger partial charge in [0.15, 0.2) is 17.3 Å². The number of hydrogen-bond acceptors (Lipinski definition) is 4. The number of hydrogen-bond donors (Lipinski definition) is 0. The first kappa shape index (κ1) is 17.3. The molecule has 0 radical (unpaired) electrons. The van der Waals surface area contributed by atoms with Gasteiger partial charge in [-0.2, -0.15) is 0 Å². The van der Waals surface area contributed by atoms with E-state index in [1.54, 1.807) is 45.6 Å². The molecule has 5 heteroatoms. The van der Waals surface area contributed by atoms with Crippen molar-refractivity contribution < 1.29 is 19.0 Å². The maximum absolute atomic E-state index is 12.2. The van der Waals surface area contributed by atoms with E-state index >= 15 is 0 Å². The summed E-state index contributed by atoms with van der Waals surface area (Å²) in [5.74, 6) is 1.53. The van der Waals surface area contributed by atoms with Gasteiger partial charge in [0.05, 0.1) is 21.3 Å². The van der Waals surface area contributed by atoms with Gasteiger partial charge in [-0.05, 0) is 59.0 Å². The number of ether oxygens (including phenoxy) is 3.